The molecule has 1 aromatic rings. The third-order valence-electron chi connectivity index (χ3n) is 2.80. The molecule has 1 heterocycles. The first-order chi connectivity index (χ1) is 7.99. The van der Waals surface area contributed by atoms with E-state index in [1.165, 1.54) is 6.92 Å². The third-order valence-corrected chi connectivity index (χ3v) is 3.35. The van der Waals surface area contributed by atoms with Crippen LogP contribution in [0.3, 0.4) is 0 Å². The summed E-state index contributed by atoms with van der Waals surface area (Å²) in [7, 11) is 0. The van der Waals surface area contributed by atoms with Gasteiger partial charge in [0.25, 0.3) is 0 Å². The molecule has 0 aromatic heterocycles. The summed E-state index contributed by atoms with van der Waals surface area (Å²) < 4.78 is 0. The van der Waals surface area contributed by atoms with Crippen LogP contribution in [0.4, 0.5) is 5.69 Å². The average Bonchev–Trinajstić information content (AvgIpc) is 2.37. The lowest BCUT2D eigenvalue weighted by Crippen LogP contribution is -2.29. The van der Waals surface area contributed by atoms with Crippen molar-refractivity contribution in [2.45, 2.75) is 19.8 Å². The van der Waals surface area contributed by atoms with Crippen molar-refractivity contribution >= 4 is 40.6 Å². The van der Waals surface area contributed by atoms with E-state index in [1.54, 1.807) is 17.0 Å². The van der Waals surface area contributed by atoms with Gasteiger partial charge in [0.1, 0.15) is 5.78 Å². The summed E-state index contributed by atoms with van der Waals surface area (Å²) >= 11 is 12.0. The van der Waals surface area contributed by atoms with Gasteiger partial charge in [0.15, 0.2) is 0 Å². The molecule has 1 amide bonds. The van der Waals surface area contributed by atoms with Crippen LogP contribution in [0.15, 0.2) is 12.1 Å². The van der Waals surface area contributed by atoms with Gasteiger partial charge in [0, 0.05) is 41.9 Å². The minimum Gasteiger partial charge on any atom is -0.312 e. The molecule has 0 aliphatic carbocycles. The summed E-state index contributed by atoms with van der Waals surface area (Å²) in [5, 5.41) is 0.906. The molecule has 90 valence electrons. The highest BCUT2D eigenvalue weighted by atomic mass is 35.5. The minimum absolute atomic E-state index is 0.0826. The number of fused-ring (bicyclic) bond motifs is 1. The van der Waals surface area contributed by atoms with Gasteiger partial charge in [-0.3, -0.25) is 9.59 Å². The van der Waals surface area contributed by atoms with Crippen molar-refractivity contribution in [3.8, 4) is 0 Å². The SMILES string of the molecule is CC(=O)N1CCC(=O)Cc2c(Cl)cc(Cl)cc21. The van der Waals surface area contributed by atoms with Crippen molar-refractivity contribution in [2.24, 2.45) is 0 Å². The van der Waals surface area contributed by atoms with Crippen molar-refractivity contribution in [1.29, 1.82) is 0 Å². The zero-order valence-electron chi connectivity index (χ0n) is 9.30. The van der Waals surface area contributed by atoms with Crippen molar-refractivity contribution in [1.82, 2.24) is 0 Å². The quantitative estimate of drug-likeness (QED) is 0.728. The molecular formula is C12H11Cl2NO2. The Morgan fingerprint density at radius 2 is 2.06 bits per heavy atom. The summed E-state index contributed by atoms with van der Waals surface area (Å²) in [5.74, 6) is -0.0292. The van der Waals surface area contributed by atoms with Crippen LogP contribution in [0, 0.1) is 0 Å². The van der Waals surface area contributed by atoms with Crippen LogP contribution in [0.5, 0.6) is 0 Å². The summed E-state index contributed by atoms with van der Waals surface area (Å²) in [6.45, 7) is 1.85. The van der Waals surface area contributed by atoms with E-state index in [9.17, 15) is 9.59 Å². The monoisotopic (exact) mass is 271 g/mol. The molecule has 3 nitrogen and oxygen atoms in total. The molecule has 0 radical (unpaired) electrons. The second-order valence-corrected chi connectivity index (χ2v) is 4.87. The van der Waals surface area contributed by atoms with Crippen LogP contribution >= 0.6 is 23.2 Å². The predicted octanol–water partition coefficient (Wildman–Crippen LogP) is 2.86. The molecule has 17 heavy (non-hydrogen) atoms. The number of benzene rings is 1. The van der Waals surface area contributed by atoms with Crippen LogP contribution in [0.1, 0.15) is 18.9 Å². The number of hydrogen-bond donors (Lipinski definition) is 0. The Hall–Kier alpha value is -1.06. The minimum atomic E-state index is -0.112. The number of hydrogen-bond acceptors (Lipinski definition) is 2. The molecule has 0 unspecified atom stereocenters. The molecule has 0 N–H and O–H groups in total. The molecule has 5 heteroatoms. The molecule has 0 spiro atoms. The third kappa shape index (κ3) is 2.45. The average molecular weight is 272 g/mol. The first kappa shape index (κ1) is 12.4. The first-order valence-corrected chi connectivity index (χ1v) is 6.02. The molecule has 0 bridgehead atoms. The molecular weight excluding hydrogens is 261 g/mol. The Balaban J connectivity index is 2.60. The van der Waals surface area contributed by atoms with Gasteiger partial charge in [-0.1, -0.05) is 23.2 Å². The summed E-state index contributed by atoms with van der Waals surface area (Å²) in [6.07, 6.45) is 0.608. The number of anilines is 1. The standard InChI is InChI=1S/C12H11Cl2NO2/c1-7(16)15-3-2-9(17)6-10-11(14)4-8(13)5-12(10)15/h4-5H,2-3,6H2,1H3. The summed E-state index contributed by atoms with van der Waals surface area (Å²) in [6, 6.07) is 3.28. The van der Waals surface area contributed by atoms with E-state index >= 15 is 0 Å². The maximum Gasteiger partial charge on any atom is 0.223 e. The van der Waals surface area contributed by atoms with Crippen molar-refractivity contribution in [3.63, 3.8) is 0 Å². The fraction of sp³-hybridized carbons (Fsp3) is 0.333. The fourth-order valence-corrected chi connectivity index (χ4v) is 2.52. The smallest absolute Gasteiger partial charge is 0.223 e. The summed E-state index contributed by atoms with van der Waals surface area (Å²) in [5.41, 5.74) is 1.34. The van der Waals surface area contributed by atoms with Crippen LogP contribution in [0.2, 0.25) is 10.0 Å². The van der Waals surface area contributed by atoms with Gasteiger partial charge in [-0.15, -0.1) is 0 Å². The zero-order chi connectivity index (χ0) is 12.6. The second kappa shape index (κ2) is 4.67. The first-order valence-electron chi connectivity index (χ1n) is 5.27. The van der Waals surface area contributed by atoms with Gasteiger partial charge in [-0.25, -0.2) is 0 Å². The van der Waals surface area contributed by atoms with Crippen LogP contribution in [-0.2, 0) is 16.0 Å². The highest BCUT2D eigenvalue weighted by Crippen LogP contribution is 2.34. The molecule has 0 saturated carbocycles. The van der Waals surface area contributed by atoms with Gasteiger partial charge < -0.3 is 4.90 Å². The van der Waals surface area contributed by atoms with E-state index < -0.39 is 0 Å². The number of carbonyl (C=O) groups is 2. The molecule has 2 rings (SSSR count). The lowest BCUT2D eigenvalue weighted by molar-refractivity contribution is -0.118. The zero-order valence-corrected chi connectivity index (χ0v) is 10.8. The Bertz CT molecular complexity index is 500. The van der Waals surface area contributed by atoms with E-state index in [2.05, 4.69) is 0 Å². The van der Waals surface area contributed by atoms with Crippen molar-refractivity contribution in [2.75, 3.05) is 11.4 Å². The highest BCUT2D eigenvalue weighted by Gasteiger charge is 2.24. The number of rotatable bonds is 0. The van der Waals surface area contributed by atoms with E-state index in [0.717, 1.165) is 0 Å². The topological polar surface area (TPSA) is 37.4 Å². The Kier molecular flexibility index (Phi) is 3.40. The number of carbonyl (C=O) groups excluding carboxylic acids is 2. The fourth-order valence-electron chi connectivity index (χ4n) is 1.98. The molecule has 1 aliphatic rings. The number of halogens is 2. The number of amides is 1. The van der Waals surface area contributed by atoms with Crippen molar-refractivity contribution < 1.29 is 9.59 Å². The maximum atomic E-state index is 11.6. The van der Waals surface area contributed by atoms with E-state index in [0.29, 0.717) is 34.3 Å². The van der Waals surface area contributed by atoms with E-state index in [1.807, 2.05) is 0 Å². The Morgan fingerprint density at radius 1 is 1.35 bits per heavy atom. The van der Waals surface area contributed by atoms with Gasteiger partial charge in [-0.2, -0.15) is 0 Å². The van der Waals surface area contributed by atoms with Gasteiger partial charge in [0.2, 0.25) is 5.91 Å². The predicted molar refractivity (Wildman–Crippen MR) is 67.8 cm³/mol. The molecule has 0 fully saturated rings. The van der Waals surface area contributed by atoms with Crippen LogP contribution in [-0.4, -0.2) is 18.2 Å². The van der Waals surface area contributed by atoms with Crippen molar-refractivity contribution in [3.05, 3.63) is 27.7 Å². The maximum absolute atomic E-state index is 11.6. The normalized spacial score (nSPS) is 15.5. The number of ketones is 1. The summed E-state index contributed by atoms with van der Waals surface area (Å²) in [4.78, 5) is 24.7. The lowest BCUT2D eigenvalue weighted by Gasteiger charge is -2.21. The van der Waals surface area contributed by atoms with E-state index in [-0.39, 0.29) is 18.1 Å². The van der Waals surface area contributed by atoms with Gasteiger partial charge >= 0.3 is 0 Å². The van der Waals surface area contributed by atoms with E-state index in [4.69, 9.17) is 23.2 Å². The number of Topliss-reactive ketones (excluding diaryl/α,β-unsaturated/α-hetero) is 1. The molecule has 1 aliphatic heterocycles. The Labute approximate surface area is 109 Å². The van der Waals surface area contributed by atoms with Crippen LogP contribution in [0.25, 0.3) is 0 Å². The van der Waals surface area contributed by atoms with Gasteiger partial charge in [-0.05, 0) is 12.1 Å². The molecule has 1 aromatic carbocycles. The second-order valence-electron chi connectivity index (χ2n) is 4.02. The van der Waals surface area contributed by atoms with Crippen LogP contribution < -0.4 is 4.90 Å². The largest absolute Gasteiger partial charge is 0.312 e. The van der Waals surface area contributed by atoms with Gasteiger partial charge in [0.05, 0.1) is 5.69 Å². The molecule has 0 saturated heterocycles. The Morgan fingerprint density at radius 3 is 2.71 bits per heavy atom. The number of nitrogens with zero attached hydrogens (tertiary/aromatic N) is 1. The molecule has 0 atom stereocenters. The highest BCUT2D eigenvalue weighted by molar-refractivity contribution is 6.36. The lowest BCUT2D eigenvalue weighted by atomic mass is 10.1.